The van der Waals surface area contributed by atoms with Crippen molar-refractivity contribution in [3.8, 4) is 0 Å². The molecule has 0 radical (unpaired) electrons. The van der Waals surface area contributed by atoms with Gasteiger partial charge in [-0.05, 0) is 36.8 Å². The van der Waals surface area contributed by atoms with E-state index in [1.807, 2.05) is 0 Å². The zero-order chi connectivity index (χ0) is 9.26. The number of hydrogen-bond acceptors (Lipinski definition) is 2. The molecule has 2 unspecified atom stereocenters. The summed E-state index contributed by atoms with van der Waals surface area (Å²) in [6, 6.07) is 8.50. The van der Waals surface area contributed by atoms with Crippen LogP contribution in [0.1, 0.15) is 24.3 Å². The third-order valence-corrected chi connectivity index (χ3v) is 3.49. The second-order valence-electron chi connectivity index (χ2n) is 3.53. The fourth-order valence-electron chi connectivity index (χ4n) is 1.74. The molecular formula is C11H14OS. The van der Waals surface area contributed by atoms with Crippen molar-refractivity contribution in [2.24, 2.45) is 0 Å². The molecular weight excluding hydrogens is 180 g/mol. The largest absolute Gasteiger partial charge is 0.392 e. The van der Waals surface area contributed by atoms with Crippen molar-refractivity contribution in [1.82, 2.24) is 0 Å². The molecule has 70 valence electrons. The van der Waals surface area contributed by atoms with Crippen LogP contribution in [0.25, 0.3) is 0 Å². The molecule has 2 rings (SSSR count). The topological polar surface area (TPSA) is 20.2 Å². The summed E-state index contributed by atoms with van der Waals surface area (Å²) in [5.74, 6) is 0.395. The van der Waals surface area contributed by atoms with Gasteiger partial charge in [0.1, 0.15) is 0 Å². The number of thioether (sulfide) groups is 1. The molecule has 0 aliphatic heterocycles. The maximum Gasteiger partial charge on any atom is 0.0609 e. The molecule has 0 bridgehead atoms. The lowest BCUT2D eigenvalue weighted by Crippen LogP contribution is -2.28. The van der Waals surface area contributed by atoms with Crippen LogP contribution in [0.3, 0.4) is 0 Å². The number of aliphatic hydroxyl groups is 1. The third kappa shape index (κ3) is 1.74. The molecule has 1 fully saturated rings. The molecule has 1 N–H and O–H groups in total. The highest BCUT2D eigenvalue weighted by molar-refractivity contribution is 7.98. The van der Waals surface area contributed by atoms with Crippen molar-refractivity contribution in [3.63, 3.8) is 0 Å². The van der Waals surface area contributed by atoms with E-state index in [0.29, 0.717) is 5.92 Å². The van der Waals surface area contributed by atoms with E-state index in [1.54, 1.807) is 11.8 Å². The maximum atomic E-state index is 9.52. The van der Waals surface area contributed by atoms with Crippen LogP contribution in [0.15, 0.2) is 29.2 Å². The fourth-order valence-corrected chi connectivity index (χ4v) is 2.21. The van der Waals surface area contributed by atoms with Crippen molar-refractivity contribution >= 4 is 11.8 Å². The Morgan fingerprint density at radius 1 is 1.38 bits per heavy atom. The van der Waals surface area contributed by atoms with Gasteiger partial charge in [0.2, 0.25) is 0 Å². The van der Waals surface area contributed by atoms with Gasteiger partial charge in [-0.15, -0.1) is 11.8 Å². The summed E-state index contributed by atoms with van der Waals surface area (Å²) in [6.07, 6.45) is 4.08. The van der Waals surface area contributed by atoms with E-state index in [9.17, 15) is 5.11 Å². The summed E-state index contributed by atoms with van der Waals surface area (Å²) in [5.41, 5.74) is 1.30. The Kier molecular flexibility index (Phi) is 2.61. The highest BCUT2D eigenvalue weighted by Gasteiger charge is 2.29. The SMILES string of the molecule is CSc1cccc(C2CCC2O)c1. The Bertz CT molecular complexity index is 298. The van der Waals surface area contributed by atoms with Crippen molar-refractivity contribution in [1.29, 1.82) is 0 Å². The summed E-state index contributed by atoms with van der Waals surface area (Å²) in [6.45, 7) is 0. The molecule has 0 heterocycles. The van der Waals surface area contributed by atoms with Crippen LogP contribution < -0.4 is 0 Å². The molecule has 1 aliphatic carbocycles. The van der Waals surface area contributed by atoms with Gasteiger partial charge in [-0.3, -0.25) is 0 Å². The van der Waals surface area contributed by atoms with Crippen LogP contribution in [0.5, 0.6) is 0 Å². The minimum atomic E-state index is -0.0999. The lowest BCUT2D eigenvalue weighted by atomic mass is 9.77. The summed E-state index contributed by atoms with van der Waals surface area (Å²) >= 11 is 1.75. The van der Waals surface area contributed by atoms with Crippen LogP contribution in [0, 0.1) is 0 Å². The Morgan fingerprint density at radius 3 is 2.77 bits per heavy atom. The number of aliphatic hydroxyl groups excluding tert-OH is 1. The monoisotopic (exact) mass is 194 g/mol. The lowest BCUT2D eigenvalue weighted by Gasteiger charge is -2.32. The van der Waals surface area contributed by atoms with Gasteiger partial charge in [0.15, 0.2) is 0 Å². The Hall–Kier alpha value is -0.470. The van der Waals surface area contributed by atoms with Crippen LogP contribution in [0.2, 0.25) is 0 Å². The summed E-state index contributed by atoms with van der Waals surface area (Å²) in [5, 5.41) is 9.52. The van der Waals surface area contributed by atoms with Gasteiger partial charge in [0.05, 0.1) is 6.10 Å². The molecule has 0 aromatic heterocycles. The van der Waals surface area contributed by atoms with Gasteiger partial charge >= 0.3 is 0 Å². The average molecular weight is 194 g/mol. The molecule has 1 aliphatic rings. The van der Waals surface area contributed by atoms with Crippen LogP contribution >= 0.6 is 11.8 Å². The zero-order valence-electron chi connectivity index (χ0n) is 7.73. The molecule has 1 aromatic carbocycles. The van der Waals surface area contributed by atoms with Crippen molar-refractivity contribution < 1.29 is 5.11 Å². The Balaban J connectivity index is 2.20. The normalized spacial score (nSPS) is 26.9. The van der Waals surface area contributed by atoms with Gasteiger partial charge in [0, 0.05) is 10.8 Å². The van der Waals surface area contributed by atoms with Crippen molar-refractivity contribution in [2.45, 2.75) is 29.8 Å². The Labute approximate surface area is 83.2 Å². The molecule has 2 heteroatoms. The van der Waals surface area contributed by atoms with Gasteiger partial charge in [-0.1, -0.05) is 12.1 Å². The van der Waals surface area contributed by atoms with E-state index < -0.39 is 0 Å². The predicted octanol–water partition coefficient (Wildman–Crippen LogP) is 2.65. The minimum absolute atomic E-state index is 0.0999. The number of benzene rings is 1. The van der Waals surface area contributed by atoms with Crippen molar-refractivity contribution in [2.75, 3.05) is 6.26 Å². The van der Waals surface area contributed by atoms with E-state index in [4.69, 9.17) is 0 Å². The second-order valence-corrected chi connectivity index (χ2v) is 4.41. The fraction of sp³-hybridized carbons (Fsp3) is 0.455. The minimum Gasteiger partial charge on any atom is -0.392 e. The maximum absolute atomic E-state index is 9.52. The first kappa shape index (κ1) is 9.10. The van der Waals surface area contributed by atoms with Gasteiger partial charge in [0.25, 0.3) is 0 Å². The second kappa shape index (κ2) is 3.72. The highest BCUT2D eigenvalue weighted by atomic mass is 32.2. The van der Waals surface area contributed by atoms with E-state index in [-0.39, 0.29) is 6.10 Å². The zero-order valence-corrected chi connectivity index (χ0v) is 8.55. The predicted molar refractivity (Wildman–Crippen MR) is 56.2 cm³/mol. The van der Waals surface area contributed by atoms with E-state index in [1.165, 1.54) is 10.5 Å². The first-order valence-corrected chi connectivity index (χ1v) is 5.86. The molecule has 0 spiro atoms. The van der Waals surface area contributed by atoms with Crippen LogP contribution in [-0.2, 0) is 0 Å². The lowest BCUT2D eigenvalue weighted by molar-refractivity contribution is 0.0660. The Morgan fingerprint density at radius 2 is 2.23 bits per heavy atom. The van der Waals surface area contributed by atoms with E-state index in [0.717, 1.165) is 12.8 Å². The molecule has 1 saturated carbocycles. The molecule has 2 atom stereocenters. The summed E-state index contributed by atoms with van der Waals surface area (Å²) < 4.78 is 0. The quantitative estimate of drug-likeness (QED) is 0.730. The van der Waals surface area contributed by atoms with Gasteiger partial charge < -0.3 is 5.11 Å². The molecule has 1 aromatic rings. The third-order valence-electron chi connectivity index (χ3n) is 2.76. The molecule has 0 saturated heterocycles. The van der Waals surface area contributed by atoms with Crippen molar-refractivity contribution in [3.05, 3.63) is 29.8 Å². The van der Waals surface area contributed by atoms with Crippen LogP contribution in [0.4, 0.5) is 0 Å². The summed E-state index contributed by atoms with van der Waals surface area (Å²) in [7, 11) is 0. The summed E-state index contributed by atoms with van der Waals surface area (Å²) in [4.78, 5) is 1.29. The highest BCUT2D eigenvalue weighted by Crippen LogP contribution is 2.37. The standard InChI is InChI=1S/C11H14OS/c1-13-9-4-2-3-8(7-9)10-5-6-11(10)12/h2-4,7,10-12H,5-6H2,1H3. The molecule has 0 amide bonds. The average Bonchev–Trinajstić information content (AvgIpc) is 2.16. The van der Waals surface area contributed by atoms with E-state index in [2.05, 4.69) is 30.5 Å². The first-order valence-electron chi connectivity index (χ1n) is 4.63. The smallest absolute Gasteiger partial charge is 0.0609 e. The number of hydrogen-bond donors (Lipinski definition) is 1. The number of rotatable bonds is 2. The molecule has 13 heavy (non-hydrogen) atoms. The van der Waals surface area contributed by atoms with Crippen LogP contribution in [-0.4, -0.2) is 17.5 Å². The van der Waals surface area contributed by atoms with Gasteiger partial charge in [-0.25, -0.2) is 0 Å². The van der Waals surface area contributed by atoms with E-state index >= 15 is 0 Å². The first-order chi connectivity index (χ1) is 6.31. The molecule has 1 nitrogen and oxygen atoms in total. The van der Waals surface area contributed by atoms with Gasteiger partial charge in [-0.2, -0.15) is 0 Å².